The van der Waals surface area contributed by atoms with Crippen LogP contribution in [-0.4, -0.2) is 50.0 Å². The SMILES string of the molecule is COC(=O)/C=C\C(=O)OC(=O)/C=C\C(=O)OC(=O)/C=C\C(=O)OC. The third kappa shape index (κ3) is 10.2. The van der Waals surface area contributed by atoms with Gasteiger partial charge in [-0.05, 0) is 0 Å². The van der Waals surface area contributed by atoms with Gasteiger partial charge in [0.2, 0.25) is 0 Å². The van der Waals surface area contributed by atoms with E-state index in [0.717, 1.165) is 26.4 Å². The summed E-state index contributed by atoms with van der Waals surface area (Å²) in [6, 6.07) is 0. The molecule has 0 rings (SSSR count). The zero-order valence-electron chi connectivity index (χ0n) is 12.5. The Morgan fingerprint density at radius 3 is 0.875 bits per heavy atom. The molecule has 10 heteroatoms. The Balaban J connectivity index is 4.37. The van der Waals surface area contributed by atoms with Gasteiger partial charge in [0.25, 0.3) is 0 Å². The number of methoxy groups -OCH3 is 2. The Morgan fingerprint density at radius 2 is 0.667 bits per heavy atom. The number of esters is 6. The van der Waals surface area contributed by atoms with Gasteiger partial charge in [0.15, 0.2) is 0 Å². The smallest absolute Gasteiger partial charge is 0.338 e. The van der Waals surface area contributed by atoms with E-state index in [9.17, 15) is 28.8 Å². The Bertz CT molecular complexity index is 569. The minimum atomic E-state index is -1.25. The van der Waals surface area contributed by atoms with Crippen molar-refractivity contribution in [2.75, 3.05) is 14.2 Å². The normalized spacial score (nSPS) is 10.6. The average molecular weight is 340 g/mol. The molecular weight excluding hydrogens is 328 g/mol. The fourth-order valence-corrected chi connectivity index (χ4v) is 0.879. The van der Waals surface area contributed by atoms with Gasteiger partial charge in [0, 0.05) is 36.5 Å². The summed E-state index contributed by atoms with van der Waals surface area (Å²) in [5.41, 5.74) is 0. The number of ether oxygens (including phenoxy) is 4. The van der Waals surface area contributed by atoms with Gasteiger partial charge < -0.3 is 18.9 Å². The zero-order valence-corrected chi connectivity index (χ0v) is 12.5. The van der Waals surface area contributed by atoms with Crippen LogP contribution >= 0.6 is 0 Å². The first-order valence-corrected chi connectivity index (χ1v) is 6.00. The van der Waals surface area contributed by atoms with Crippen LogP contribution in [0, 0.1) is 0 Å². The van der Waals surface area contributed by atoms with E-state index in [1.165, 1.54) is 0 Å². The Hall–Kier alpha value is -3.56. The summed E-state index contributed by atoms with van der Waals surface area (Å²) < 4.78 is 16.7. The first-order chi connectivity index (χ1) is 11.3. The third-order valence-corrected chi connectivity index (χ3v) is 1.87. The largest absolute Gasteiger partial charge is 0.466 e. The van der Waals surface area contributed by atoms with Gasteiger partial charge in [0.1, 0.15) is 0 Å². The number of carbonyl (C=O) groups excluding carboxylic acids is 6. The molecule has 0 atom stereocenters. The van der Waals surface area contributed by atoms with Crippen molar-refractivity contribution in [3.8, 4) is 0 Å². The molecule has 0 radical (unpaired) electrons. The molecule has 10 nitrogen and oxygen atoms in total. The molecule has 128 valence electrons. The predicted molar refractivity (Wildman–Crippen MR) is 73.7 cm³/mol. The zero-order chi connectivity index (χ0) is 18.5. The number of hydrogen-bond acceptors (Lipinski definition) is 10. The quantitative estimate of drug-likeness (QED) is 0.260. The van der Waals surface area contributed by atoms with Crippen molar-refractivity contribution in [2.24, 2.45) is 0 Å². The summed E-state index contributed by atoms with van der Waals surface area (Å²) in [7, 11) is 2.17. The first kappa shape index (κ1) is 20.4. The molecule has 0 spiro atoms. The first-order valence-electron chi connectivity index (χ1n) is 6.00. The van der Waals surface area contributed by atoms with Crippen LogP contribution in [0.5, 0.6) is 0 Å². The molecule has 0 amide bonds. The van der Waals surface area contributed by atoms with Crippen molar-refractivity contribution in [3.63, 3.8) is 0 Å². The lowest BCUT2D eigenvalue weighted by molar-refractivity contribution is -0.155. The molecule has 0 unspecified atom stereocenters. The lowest BCUT2D eigenvalue weighted by Crippen LogP contribution is -2.11. The molecule has 0 bridgehead atoms. The van der Waals surface area contributed by atoms with Gasteiger partial charge in [-0.25, -0.2) is 28.8 Å². The molecule has 0 fully saturated rings. The van der Waals surface area contributed by atoms with Crippen LogP contribution < -0.4 is 0 Å². The molecule has 0 saturated carbocycles. The van der Waals surface area contributed by atoms with Gasteiger partial charge in [0.05, 0.1) is 14.2 Å². The highest BCUT2D eigenvalue weighted by Gasteiger charge is 2.08. The molecule has 0 aliphatic rings. The van der Waals surface area contributed by atoms with Crippen LogP contribution in [0.4, 0.5) is 0 Å². The molecule has 24 heavy (non-hydrogen) atoms. The maximum absolute atomic E-state index is 11.2. The maximum Gasteiger partial charge on any atom is 0.338 e. The van der Waals surface area contributed by atoms with E-state index in [-0.39, 0.29) is 0 Å². The van der Waals surface area contributed by atoms with Crippen molar-refractivity contribution >= 4 is 35.8 Å². The van der Waals surface area contributed by atoms with Gasteiger partial charge >= 0.3 is 35.8 Å². The van der Waals surface area contributed by atoms with Crippen LogP contribution in [0.15, 0.2) is 36.5 Å². The van der Waals surface area contributed by atoms with E-state index < -0.39 is 35.8 Å². The number of hydrogen-bond donors (Lipinski definition) is 0. The second kappa shape index (κ2) is 11.1. The molecular formula is C14H12O10. The van der Waals surface area contributed by atoms with Crippen molar-refractivity contribution in [1.29, 1.82) is 0 Å². The van der Waals surface area contributed by atoms with E-state index in [4.69, 9.17) is 0 Å². The van der Waals surface area contributed by atoms with Gasteiger partial charge in [-0.1, -0.05) is 0 Å². The Kier molecular flexibility index (Phi) is 9.43. The molecule has 0 N–H and O–H groups in total. The van der Waals surface area contributed by atoms with Crippen LogP contribution in [0.2, 0.25) is 0 Å². The Labute approximate surface area is 135 Å². The van der Waals surface area contributed by atoms with Crippen molar-refractivity contribution in [3.05, 3.63) is 36.5 Å². The molecule has 0 saturated heterocycles. The second-order valence-corrected chi connectivity index (χ2v) is 3.53. The highest BCUT2D eigenvalue weighted by atomic mass is 16.6. The number of rotatable bonds is 6. The third-order valence-electron chi connectivity index (χ3n) is 1.87. The fraction of sp³-hybridized carbons (Fsp3) is 0.143. The Morgan fingerprint density at radius 1 is 0.458 bits per heavy atom. The van der Waals surface area contributed by atoms with E-state index in [1.807, 2.05) is 0 Å². The molecule has 0 aliphatic heterocycles. The predicted octanol–water partition coefficient (Wildman–Crippen LogP) is -0.859. The van der Waals surface area contributed by atoms with Gasteiger partial charge in [-0.15, -0.1) is 0 Å². The summed E-state index contributed by atoms with van der Waals surface area (Å²) in [4.78, 5) is 65.9. The van der Waals surface area contributed by atoms with Crippen LogP contribution in [0.25, 0.3) is 0 Å². The van der Waals surface area contributed by atoms with Gasteiger partial charge in [-0.2, -0.15) is 0 Å². The summed E-state index contributed by atoms with van der Waals surface area (Å²) in [6.07, 6.45) is 3.75. The molecule has 0 aliphatic carbocycles. The minimum absolute atomic E-state index is 0.517. The lowest BCUT2D eigenvalue weighted by atomic mass is 10.4. The van der Waals surface area contributed by atoms with E-state index in [0.29, 0.717) is 24.3 Å². The highest BCUT2D eigenvalue weighted by Crippen LogP contribution is 1.91. The monoisotopic (exact) mass is 340 g/mol. The minimum Gasteiger partial charge on any atom is -0.466 e. The second-order valence-electron chi connectivity index (χ2n) is 3.53. The van der Waals surface area contributed by atoms with E-state index >= 15 is 0 Å². The van der Waals surface area contributed by atoms with Crippen molar-refractivity contribution in [2.45, 2.75) is 0 Å². The van der Waals surface area contributed by atoms with E-state index in [1.54, 1.807) is 0 Å². The fourth-order valence-electron chi connectivity index (χ4n) is 0.879. The van der Waals surface area contributed by atoms with Crippen molar-refractivity contribution < 1.29 is 47.7 Å². The average Bonchev–Trinajstić information content (AvgIpc) is 2.55. The lowest BCUT2D eigenvalue weighted by Gasteiger charge is -1.96. The van der Waals surface area contributed by atoms with Crippen LogP contribution in [-0.2, 0) is 47.7 Å². The van der Waals surface area contributed by atoms with Gasteiger partial charge in [-0.3, -0.25) is 0 Å². The van der Waals surface area contributed by atoms with E-state index in [2.05, 4.69) is 18.9 Å². The van der Waals surface area contributed by atoms with Crippen molar-refractivity contribution in [1.82, 2.24) is 0 Å². The molecule has 0 aromatic rings. The number of carbonyl (C=O) groups is 6. The maximum atomic E-state index is 11.2. The highest BCUT2D eigenvalue weighted by molar-refractivity contribution is 6.03. The summed E-state index contributed by atoms with van der Waals surface area (Å²) >= 11 is 0. The molecule has 0 aromatic heterocycles. The molecule has 0 aromatic carbocycles. The van der Waals surface area contributed by atoms with Crippen LogP contribution in [0.1, 0.15) is 0 Å². The standard InChI is InChI=1S/C14H12O10/c1-21-9(15)3-5-11(17)23-13(19)7-8-14(20)24-12(18)6-4-10(16)22-2/h3-8H,1-2H3/b5-3-,6-4-,8-7-. The van der Waals surface area contributed by atoms with Crippen LogP contribution in [0.3, 0.4) is 0 Å². The summed E-state index contributed by atoms with van der Waals surface area (Å²) in [5, 5.41) is 0. The molecule has 0 heterocycles. The summed E-state index contributed by atoms with van der Waals surface area (Å²) in [6.45, 7) is 0. The summed E-state index contributed by atoms with van der Waals surface area (Å²) in [5.74, 6) is -6.52. The topological polar surface area (TPSA) is 139 Å².